The fraction of sp³-hybridized carbons (Fsp3) is 0.167. The Morgan fingerprint density at radius 1 is 1.14 bits per heavy atom. The molecule has 4 aromatic rings. The molecule has 11 heteroatoms. The number of halogens is 3. The molecule has 1 atom stereocenters. The lowest BCUT2D eigenvalue weighted by Crippen LogP contribution is -2.43. The van der Waals surface area contributed by atoms with Crippen LogP contribution in [0.25, 0.3) is 27.7 Å². The molecular weight excluding hydrogens is 461 g/mol. The van der Waals surface area contributed by atoms with Gasteiger partial charge in [-0.3, -0.25) is 19.7 Å². The summed E-state index contributed by atoms with van der Waals surface area (Å²) in [5, 5.41) is 5.98. The van der Waals surface area contributed by atoms with E-state index in [1.54, 1.807) is 48.7 Å². The van der Waals surface area contributed by atoms with E-state index in [0.29, 0.717) is 33.9 Å². The van der Waals surface area contributed by atoms with Gasteiger partial charge in [0.2, 0.25) is 0 Å². The zero-order valence-electron chi connectivity index (χ0n) is 18.4. The van der Waals surface area contributed by atoms with Gasteiger partial charge in [0.25, 0.3) is 5.56 Å². The Labute approximate surface area is 197 Å². The van der Waals surface area contributed by atoms with Crippen LogP contribution >= 0.6 is 0 Å². The van der Waals surface area contributed by atoms with Gasteiger partial charge >= 0.3 is 6.18 Å². The third kappa shape index (κ3) is 4.58. The van der Waals surface area contributed by atoms with Gasteiger partial charge in [0.1, 0.15) is 17.9 Å². The van der Waals surface area contributed by atoms with Crippen LogP contribution in [-0.2, 0) is 0 Å². The molecule has 35 heavy (non-hydrogen) atoms. The zero-order chi connectivity index (χ0) is 24.6. The summed E-state index contributed by atoms with van der Waals surface area (Å²) in [6.07, 6.45) is -0.907. The third-order valence-corrected chi connectivity index (χ3v) is 5.51. The first kappa shape index (κ1) is 22.5. The highest BCUT2D eigenvalue weighted by Crippen LogP contribution is 2.28. The topological polar surface area (TPSA) is 93.4 Å². The van der Waals surface area contributed by atoms with E-state index >= 15 is 0 Å². The van der Waals surface area contributed by atoms with Crippen LogP contribution in [-0.4, -0.2) is 46.9 Å². The quantitative estimate of drug-likeness (QED) is 0.452. The van der Waals surface area contributed by atoms with Gasteiger partial charge in [-0.1, -0.05) is 6.07 Å². The molecule has 0 fully saturated rings. The van der Waals surface area contributed by atoms with Crippen molar-refractivity contribution in [2.45, 2.75) is 12.5 Å². The minimum absolute atomic E-state index is 0.322. The molecule has 0 amide bonds. The fourth-order valence-corrected chi connectivity index (χ4v) is 3.86. The monoisotopic (exact) mass is 480 g/mol. The van der Waals surface area contributed by atoms with Crippen LogP contribution in [0, 0.1) is 0 Å². The average molecular weight is 480 g/mol. The lowest BCUT2D eigenvalue weighted by Gasteiger charge is -2.26. The molecule has 0 radical (unpaired) electrons. The van der Waals surface area contributed by atoms with Crippen LogP contribution in [0.4, 0.5) is 19.0 Å². The summed E-state index contributed by atoms with van der Waals surface area (Å²) >= 11 is 0. The number of benzene rings is 2. The van der Waals surface area contributed by atoms with Crippen LogP contribution in [0.3, 0.4) is 0 Å². The van der Waals surface area contributed by atoms with Crippen molar-refractivity contribution in [3.05, 3.63) is 77.0 Å². The SMILES string of the molecule is COc1ccc(-n2c3c(cc(-c4ccc5ncncc5c4)c2=O)C=NC(NCC(F)(F)F)N3)cc1. The molecule has 0 bridgehead atoms. The van der Waals surface area contributed by atoms with Gasteiger partial charge in [-0.15, -0.1) is 0 Å². The molecule has 178 valence electrons. The number of ether oxygens (including phenoxy) is 1. The first-order valence-electron chi connectivity index (χ1n) is 10.6. The predicted molar refractivity (Wildman–Crippen MR) is 126 cm³/mol. The third-order valence-electron chi connectivity index (χ3n) is 5.51. The largest absolute Gasteiger partial charge is 0.497 e. The van der Waals surface area contributed by atoms with Crippen molar-refractivity contribution in [2.24, 2.45) is 4.99 Å². The smallest absolute Gasteiger partial charge is 0.401 e. The number of hydrogen-bond acceptors (Lipinski definition) is 7. The Balaban J connectivity index is 1.65. The first-order valence-corrected chi connectivity index (χ1v) is 10.6. The Kier molecular flexibility index (Phi) is 5.69. The van der Waals surface area contributed by atoms with Crippen LogP contribution in [0.15, 0.2) is 70.8 Å². The molecule has 1 unspecified atom stereocenters. The van der Waals surface area contributed by atoms with Crippen LogP contribution in [0.5, 0.6) is 5.75 Å². The summed E-state index contributed by atoms with van der Waals surface area (Å²) in [6.45, 7) is -1.23. The summed E-state index contributed by atoms with van der Waals surface area (Å²) in [5.74, 6) is 0.920. The van der Waals surface area contributed by atoms with E-state index in [2.05, 4.69) is 25.6 Å². The van der Waals surface area contributed by atoms with Crippen molar-refractivity contribution in [1.82, 2.24) is 19.9 Å². The maximum atomic E-state index is 13.8. The van der Waals surface area contributed by atoms with Gasteiger partial charge in [-0.25, -0.2) is 9.97 Å². The molecule has 1 aliphatic heterocycles. The van der Waals surface area contributed by atoms with Gasteiger partial charge in [-0.2, -0.15) is 13.2 Å². The Hall–Kier alpha value is -4.25. The van der Waals surface area contributed by atoms with Crippen molar-refractivity contribution in [2.75, 3.05) is 19.0 Å². The standard InChI is InChI=1S/C24H19F3N6O2/c1-35-18-5-3-17(4-6-18)33-21-16(11-29-23(32-21)30-12-24(25,26)27)9-19(22(33)34)14-2-7-20-15(8-14)10-28-13-31-20/h2-11,13,23,30,32H,12H2,1H3. The molecule has 2 N–H and O–H groups in total. The zero-order valence-corrected chi connectivity index (χ0v) is 18.4. The van der Waals surface area contributed by atoms with Crippen molar-refractivity contribution in [3.8, 4) is 22.6 Å². The van der Waals surface area contributed by atoms with E-state index in [0.717, 1.165) is 10.9 Å². The number of pyridine rings is 1. The van der Waals surface area contributed by atoms with Gasteiger partial charge < -0.3 is 10.1 Å². The molecule has 1 aliphatic rings. The van der Waals surface area contributed by atoms with E-state index in [1.165, 1.54) is 24.2 Å². The van der Waals surface area contributed by atoms with E-state index in [4.69, 9.17) is 4.74 Å². The molecule has 3 heterocycles. The van der Waals surface area contributed by atoms with Gasteiger partial charge in [-0.05, 0) is 48.0 Å². The number of rotatable bonds is 5. The summed E-state index contributed by atoms with van der Waals surface area (Å²) in [6, 6.07) is 13.9. The maximum absolute atomic E-state index is 13.8. The second-order valence-corrected chi connectivity index (χ2v) is 7.82. The molecule has 0 spiro atoms. The van der Waals surface area contributed by atoms with Crippen molar-refractivity contribution in [3.63, 3.8) is 0 Å². The number of methoxy groups -OCH3 is 1. The number of hydrogen-bond donors (Lipinski definition) is 2. The van der Waals surface area contributed by atoms with Gasteiger partial charge in [0, 0.05) is 28.9 Å². The minimum Gasteiger partial charge on any atom is -0.497 e. The number of nitrogens with zero attached hydrogens (tertiary/aromatic N) is 4. The number of nitrogens with one attached hydrogen (secondary N) is 2. The normalized spacial score (nSPS) is 15.0. The van der Waals surface area contributed by atoms with E-state index in [1.807, 2.05) is 6.07 Å². The number of anilines is 1. The van der Waals surface area contributed by atoms with Crippen molar-refractivity contribution < 1.29 is 17.9 Å². The highest BCUT2D eigenvalue weighted by atomic mass is 19.4. The lowest BCUT2D eigenvalue weighted by atomic mass is 10.0. The first-order chi connectivity index (χ1) is 16.8. The highest BCUT2D eigenvalue weighted by molar-refractivity contribution is 5.92. The number of alkyl halides is 3. The Morgan fingerprint density at radius 2 is 1.94 bits per heavy atom. The second-order valence-electron chi connectivity index (χ2n) is 7.82. The molecule has 0 aliphatic carbocycles. The van der Waals surface area contributed by atoms with E-state index in [-0.39, 0.29) is 5.56 Å². The number of fused-ring (bicyclic) bond motifs is 2. The fourth-order valence-electron chi connectivity index (χ4n) is 3.86. The number of aromatic nitrogens is 3. The van der Waals surface area contributed by atoms with Crippen LogP contribution in [0.1, 0.15) is 5.56 Å². The van der Waals surface area contributed by atoms with Gasteiger partial charge in [0.05, 0.1) is 24.9 Å². The number of aliphatic imine (C=N–C) groups is 1. The molecule has 5 rings (SSSR count). The predicted octanol–water partition coefficient (Wildman–Crippen LogP) is 3.74. The van der Waals surface area contributed by atoms with Crippen molar-refractivity contribution >= 4 is 22.9 Å². The molecule has 0 saturated heterocycles. The van der Waals surface area contributed by atoms with Gasteiger partial charge in [0.15, 0.2) is 6.29 Å². The Morgan fingerprint density at radius 3 is 2.69 bits per heavy atom. The van der Waals surface area contributed by atoms with E-state index < -0.39 is 19.0 Å². The van der Waals surface area contributed by atoms with Crippen LogP contribution < -0.4 is 20.9 Å². The summed E-state index contributed by atoms with van der Waals surface area (Å²) < 4.78 is 44.8. The van der Waals surface area contributed by atoms with Crippen molar-refractivity contribution in [1.29, 1.82) is 0 Å². The molecule has 0 saturated carbocycles. The summed E-state index contributed by atoms with van der Waals surface area (Å²) in [7, 11) is 1.53. The van der Waals surface area contributed by atoms with E-state index in [9.17, 15) is 18.0 Å². The Bertz CT molecular complexity index is 1480. The molecule has 2 aromatic heterocycles. The average Bonchev–Trinajstić information content (AvgIpc) is 2.86. The summed E-state index contributed by atoms with van der Waals surface area (Å²) in [5.41, 5.74) is 2.47. The molecule has 2 aromatic carbocycles. The maximum Gasteiger partial charge on any atom is 0.401 e. The lowest BCUT2D eigenvalue weighted by molar-refractivity contribution is -0.125. The highest BCUT2D eigenvalue weighted by Gasteiger charge is 2.29. The summed E-state index contributed by atoms with van der Waals surface area (Å²) in [4.78, 5) is 26.2. The van der Waals surface area contributed by atoms with Crippen LogP contribution in [0.2, 0.25) is 0 Å². The molecule has 8 nitrogen and oxygen atoms in total. The molecular formula is C24H19F3N6O2. The minimum atomic E-state index is -4.41. The second kappa shape index (κ2) is 8.84.